The van der Waals surface area contributed by atoms with Crippen LogP contribution < -0.4 is 25.0 Å². The Bertz CT molecular complexity index is 1890. The molecule has 228 valence electrons. The number of benzene rings is 4. The van der Waals surface area contributed by atoms with Gasteiger partial charge in [0.15, 0.2) is 11.5 Å². The predicted molar refractivity (Wildman–Crippen MR) is 168 cm³/mol. The Kier molecular flexibility index (Phi) is 8.77. The summed E-state index contributed by atoms with van der Waals surface area (Å²) in [6, 6.07) is 27.4. The number of hydrogen-bond acceptors (Lipinski definition) is 8. The lowest BCUT2D eigenvalue weighted by Crippen LogP contribution is -2.44. The molecule has 1 N–H and O–H groups in total. The second-order valence-corrected chi connectivity index (χ2v) is 10.6. The molecular formula is C36H31NO8. The maximum atomic E-state index is 13.6. The van der Waals surface area contributed by atoms with E-state index in [9.17, 15) is 14.4 Å². The minimum atomic E-state index is -1.04. The highest BCUT2D eigenvalue weighted by atomic mass is 16.6. The summed E-state index contributed by atoms with van der Waals surface area (Å²) < 4.78 is 28.6. The predicted octanol–water partition coefficient (Wildman–Crippen LogP) is 6.37. The monoisotopic (exact) mass is 605 g/mol. The molecule has 6 rings (SSSR count). The number of nitrogens with one attached hydrogen (secondary N) is 1. The molecule has 0 radical (unpaired) electrons. The quantitative estimate of drug-likeness (QED) is 0.160. The number of fused-ring (bicyclic) bond motifs is 2. The maximum absolute atomic E-state index is 13.6. The molecule has 9 nitrogen and oxygen atoms in total. The molecule has 0 bridgehead atoms. The zero-order chi connectivity index (χ0) is 31.2. The van der Waals surface area contributed by atoms with Gasteiger partial charge < -0.3 is 28.7 Å². The summed E-state index contributed by atoms with van der Waals surface area (Å²) >= 11 is 0. The topological polar surface area (TPSA) is 113 Å². The number of ether oxygens (including phenoxy) is 4. The molecule has 45 heavy (non-hydrogen) atoms. The van der Waals surface area contributed by atoms with Gasteiger partial charge in [-0.3, -0.25) is 4.79 Å². The summed E-state index contributed by atoms with van der Waals surface area (Å²) in [6.45, 7) is 2.85. The van der Waals surface area contributed by atoms with E-state index in [4.69, 9.17) is 23.4 Å². The van der Waals surface area contributed by atoms with Crippen LogP contribution >= 0.6 is 0 Å². The average Bonchev–Trinajstić information content (AvgIpc) is 3.29. The Morgan fingerprint density at radius 1 is 0.844 bits per heavy atom. The number of carbonyl (C=O) groups excluding carboxylic acids is 2. The van der Waals surface area contributed by atoms with Crippen LogP contribution in [0.5, 0.6) is 17.2 Å². The van der Waals surface area contributed by atoms with Crippen molar-refractivity contribution < 1.29 is 33.0 Å². The van der Waals surface area contributed by atoms with E-state index in [1.807, 2.05) is 60.7 Å². The molecule has 1 aromatic heterocycles. The fourth-order valence-corrected chi connectivity index (χ4v) is 5.14. The van der Waals surface area contributed by atoms with Gasteiger partial charge in [0.2, 0.25) is 5.43 Å². The lowest BCUT2D eigenvalue weighted by Gasteiger charge is -2.18. The van der Waals surface area contributed by atoms with E-state index in [0.717, 1.165) is 17.5 Å². The summed E-state index contributed by atoms with van der Waals surface area (Å²) in [7, 11) is 0. The summed E-state index contributed by atoms with van der Waals surface area (Å²) in [4.78, 5) is 39.6. The van der Waals surface area contributed by atoms with Crippen molar-refractivity contribution in [3.05, 3.63) is 124 Å². The van der Waals surface area contributed by atoms with Crippen molar-refractivity contribution in [3.8, 4) is 28.4 Å². The molecule has 5 aromatic rings. The minimum absolute atomic E-state index is 0.0527. The number of hydrogen-bond donors (Lipinski definition) is 1. The average molecular weight is 606 g/mol. The first-order valence-electron chi connectivity index (χ1n) is 14.6. The van der Waals surface area contributed by atoms with Crippen molar-refractivity contribution in [3.63, 3.8) is 0 Å². The standard InChI is InChI=1S/C36H31NO8/c1-23-33(26-13-16-30-32(20-26)42-18-8-17-41-30)34(38)28-15-14-27(21-31(28)44-23)45-35(39)29(19-24-9-4-2-5-10-24)37-36(40)43-22-25-11-6-3-7-12-25/h2-7,9-16,20-21,29H,8,17-19,22H2,1H3,(H,37,40)/t29-/m0/s1. The van der Waals surface area contributed by atoms with Gasteiger partial charge in [-0.15, -0.1) is 0 Å². The lowest BCUT2D eigenvalue weighted by atomic mass is 10.0. The molecule has 1 amide bonds. The third-order valence-corrected chi connectivity index (χ3v) is 7.37. The molecule has 0 fully saturated rings. The zero-order valence-corrected chi connectivity index (χ0v) is 24.6. The van der Waals surface area contributed by atoms with Crippen LogP contribution in [-0.2, 0) is 22.6 Å². The molecule has 0 spiro atoms. The third kappa shape index (κ3) is 6.99. The normalized spacial score (nSPS) is 13.0. The van der Waals surface area contributed by atoms with Gasteiger partial charge in [0, 0.05) is 18.9 Å². The molecule has 1 aliphatic rings. The van der Waals surface area contributed by atoms with Crippen molar-refractivity contribution in [2.24, 2.45) is 0 Å². The zero-order valence-electron chi connectivity index (χ0n) is 24.6. The van der Waals surface area contributed by atoms with E-state index >= 15 is 0 Å². The van der Waals surface area contributed by atoms with Crippen LogP contribution in [0.15, 0.2) is 106 Å². The molecule has 2 heterocycles. The fourth-order valence-electron chi connectivity index (χ4n) is 5.14. The Morgan fingerprint density at radius 3 is 2.31 bits per heavy atom. The lowest BCUT2D eigenvalue weighted by molar-refractivity contribution is -0.136. The molecule has 0 saturated heterocycles. The number of amides is 1. The smallest absolute Gasteiger partial charge is 0.408 e. The van der Waals surface area contributed by atoms with Crippen LogP contribution in [0.2, 0.25) is 0 Å². The summed E-state index contributed by atoms with van der Waals surface area (Å²) in [5.74, 6) is 1.08. The van der Waals surface area contributed by atoms with E-state index in [0.29, 0.717) is 47.0 Å². The third-order valence-electron chi connectivity index (χ3n) is 7.37. The summed E-state index contributed by atoms with van der Waals surface area (Å²) in [6.07, 6.45) is 0.204. The van der Waals surface area contributed by atoms with Crippen LogP contribution in [0.4, 0.5) is 4.79 Å². The number of esters is 1. The molecule has 1 aliphatic heterocycles. The van der Waals surface area contributed by atoms with Crippen molar-refractivity contribution in [1.82, 2.24) is 5.32 Å². The second-order valence-electron chi connectivity index (χ2n) is 10.6. The van der Waals surface area contributed by atoms with Crippen LogP contribution in [0, 0.1) is 6.92 Å². The van der Waals surface area contributed by atoms with Gasteiger partial charge in [0.05, 0.1) is 24.2 Å². The van der Waals surface area contributed by atoms with E-state index in [2.05, 4.69) is 5.32 Å². The molecule has 0 saturated carbocycles. The van der Waals surface area contributed by atoms with Crippen LogP contribution in [0.3, 0.4) is 0 Å². The highest BCUT2D eigenvalue weighted by molar-refractivity contribution is 5.87. The Morgan fingerprint density at radius 2 is 1.56 bits per heavy atom. The Labute approximate surface area is 259 Å². The van der Waals surface area contributed by atoms with Gasteiger partial charge in [-0.05, 0) is 47.9 Å². The molecule has 4 aromatic carbocycles. The molecule has 1 atom stereocenters. The van der Waals surface area contributed by atoms with Gasteiger partial charge in [-0.1, -0.05) is 66.7 Å². The number of alkyl carbamates (subject to hydrolysis) is 1. The van der Waals surface area contributed by atoms with Crippen molar-refractivity contribution >= 4 is 23.0 Å². The number of aryl methyl sites for hydroxylation is 1. The summed E-state index contributed by atoms with van der Waals surface area (Å²) in [5, 5.41) is 2.96. The van der Waals surface area contributed by atoms with Crippen LogP contribution in [-0.4, -0.2) is 31.3 Å². The Balaban J connectivity index is 1.22. The summed E-state index contributed by atoms with van der Waals surface area (Å²) in [5.41, 5.74) is 2.73. The molecule has 0 aliphatic carbocycles. The molecule has 0 unspecified atom stereocenters. The highest BCUT2D eigenvalue weighted by Crippen LogP contribution is 2.35. The van der Waals surface area contributed by atoms with Crippen molar-refractivity contribution in [2.75, 3.05) is 13.2 Å². The molecular weight excluding hydrogens is 574 g/mol. The number of carbonyl (C=O) groups is 2. The van der Waals surface area contributed by atoms with Crippen LogP contribution in [0.1, 0.15) is 23.3 Å². The Hall–Kier alpha value is -5.57. The highest BCUT2D eigenvalue weighted by Gasteiger charge is 2.25. The minimum Gasteiger partial charge on any atom is -0.490 e. The first-order valence-corrected chi connectivity index (χ1v) is 14.6. The van der Waals surface area contributed by atoms with Crippen molar-refractivity contribution in [1.29, 1.82) is 0 Å². The van der Waals surface area contributed by atoms with E-state index < -0.39 is 18.1 Å². The van der Waals surface area contributed by atoms with E-state index in [-0.39, 0.29) is 29.8 Å². The maximum Gasteiger partial charge on any atom is 0.408 e. The van der Waals surface area contributed by atoms with Gasteiger partial charge in [-0.2, -0.15) is 0 Å². The first kappa shape index (κ1) is 29.5. The SMILES string of the molecule is Cc1oc2cc(OC(=O)[C@H](Cc3ccccc3)NC(=O)OCc3ccccc3)ccc2c(=O)c1-c1ccc2c(c1)OCCCO2. The van der Waals surface area contributed by atoms with Gasteiger partial charge in [0.1, 0.15) is 29.7 Å². The van der Waals surface area contributed by atoms with Crippen LogP contribution in [0.25, 0.3) is 22.1 Å². The van der Waals surface area contributed by atoms with Gasteiger partial charge >= 0.3 is 12.1 Å². The molecule has 9 heteroatoms. The largest absolute Gasteiger partial charge is 0.490 e. The van der Waals surface area contributed by atoms with Gasteiger partial charge in [0.25, 0.3) is 0 Å². The second kappa shape index (κ2) is 13.4. The van der Waals surface area contributed by atoms with Crippen molar-refractivity contribution in [2.45, 2.75) is 32.4 Å². The van der Waals surface area contributed by atoms with Gasteiger partial charge in [-0.25, -0.2) is 9.59 Å². The number of rotatable bonds is 8. The fraction of sp³-hybridized carbons (Fsp3) is 0.194. The first-order chi connectivity index (χ1) is 21.9. The van der Waals surface area contributed by atoms with E-state index in [1.165, 1.54) is 12.1 Å². The van der Waals surface area contributed by atoms with E-state index in [1.54, 1.807) is 31.2 Å².